The summed E-state index contributed by atoms with van der Waals surface area (Å²) >= 11 is 1.64. The van der Waals surface area contributed by atoms with Crippen LogP contribution in [0.5, 0.6) is 0 Å². The van der Waals surface area contributed by atoms with Crippen LogP contribution in [0.4, 0.5) is 9.59 Å². The molecule has 0 radical (unpaired) electrons. The molecule has 18 unspecified atom stereocenters. The number of carbonyl (C=O) groups excluding carboxylic acids is 6. The summed E-state index contributed by atoms with van der Waals surface area (Å²) in [4.78, 5) is 69.6. The number of benzene rings is 3. The number of amides is 2. The number of rotatable bonds is 27. The van der Waals surface area contributed by atoms with E-state index in [2.05, 4.69) is 69.0 Å². The smallest absolute Gasteiger partial charge is 0.407 e. The molecule has 6 heterocycles. The van der Waals surface area contributed by atoms with Gasteiger partial charge in [-0.15, -0.1) is 0 Å². The minimum Gasteiger partial charge on any atom is -0.459 e. The van der Waals surface area contributed by atoms with Crippen LogP contribution in [-0.2, 0) is 103 Å². The Morgan fingerprint density at radius 2 is 0.705 bits per heavy atom. The predicted octanol–water partition coefficient (Wildman–Crippen LogP) is 1.15. The molecule has 30 atom stereocenters. The van der Waals surface area contributed by atoms with E-state index in [0.29, 0.717) is 5.92 Å². The molecule has 122 heavy (non-hydrogen) atoms. The molecular weight excluding hydrogens is 1660 g/mol. The summed E-state index contributed by atoms with van der Waals surface area (Å²) in [7, 11) is 1.00. The van der Waals surface area contributed by atoms with Gasteiger partial charge in [0.25, 0.3) is 0 Å². The van der Waals surface area contributed by atoms with Gasteiger partial charge in [-0.1, -0.05) is 153 Å². The van der Waals surface area contributed by atoms with Crippen molar-refractivity contribution in [2.24, 2.45) is 41.2 Å². The number of ether oxygens (including phenoxy) is 15. The minimum atomic E-state index is -1.57. The second kappa shape index (κ2) is 60.5. The Balaban J connectivity index is 0.000000502. The first-order chi connectivity index (χ1) is 57.5. The summed E-state index contributed by atoms with van der Waals surface area (Å²) in [5, 5.41) is 132. The van der Waals surface area contributed by atoms with Crippen LogP contribution in [0.3, 0.4) is 0 Å². The molecule has 6 aliphatic heterocycles. The van der Waals surface area contributed by atoms with Crippen molar-refractivity contribution in [1.29, 1.82) is 0 Å². The number of hydrogen-bond acceptors (Lipinski definition) is 37. The fraction of sp³-hybridized carbons (Fsp3) is 0.707. The molecule has 3 aromatic rings. The van der Waals surface area contributed by atoms with Gasteiger partial charge in [0.1, 0.15) is 98.0 Å². The standard InChI is InChI=1S/C21H31NO6.C17H24O3S.C16H23NO8.C13H22O5.C8H17NO6.C6H12O6.CH4O.Ar/c1-5-18-14(2)15(3)19(27-16(4)23)20(28-18)25-12-11-22-21(24)26-13-17-9-7-6-8-10-17;1-5-15-11(2)12(3)16(19-13(4)18)17(20-15)21-14-9-7-6-8-10-14;18-8-11-12(19)13(20)14(21)15(25-11)23-7-6-17-16(22)24-9-10-4-2-1-3-5-10;1-6-11-7(2)8(3)12(16-9(4)14)13(18-11)17-10(5)15;9-1-2-14-8-7(13)6(12)5(11)4(3-10)15-8;7-1-2-3(8)4(9)5(10)6(11)12-2;1-2;/h6-10,14-15,18-20H,5,11-13H2,1-4H3,(H,22,24);6-12,15-17H,5H2,1-4H3;1-5,11-15,18-21H,6-9H2,(H,17,22);7-8,11-13H,6H2,1-5H3;4-8,10-13H,1-3,9H2;2-11H,1H2;2H,1H3;/t14-,15-,18?,19?,20-;11-,12-,15?,16?,17+;11?,12-,13+,14?,15+;;4?,5-,6+,7?,8+;;;/m001.1.../s1. The van der Waals surface area contributed by atoms with E-state index in [0.717, 1.165) is 42.4 Å². The zero-order valence-corrected chi connectivity index (χ0v) is 73.1. The maximum Gasteiger partial charge on any atom is 0.407 e. The summed E-state index contributed by atoms with van der Waals surface area (Å²) in [5.74, 6) is -0.0841. The van der Waals surface area contributed by atoms with Crippen molar-refractivity contribution >= 4 is 47.8 Å². The summed E-state index contributed by atoms with van der Waals surface area (Å²) in [6, 6.07) is 28.8. The second-order valence-electron chi connectivity index (χ2n) is 29.3. The molecule has 40 heteroatoms. The van der Waals surface area contributed by atoms with Crippen LogP contribution in [-0.4, -0.2) is 321 Å². The number of nitrogens with one attached hydrogen (secondary N) is 2. The topological polar surface area (TPSA) is 574 Å². The fourth-order valence-corrected chi connectivity index (χ4v) is 14.5. The van der Waals surface area contributed by atoms with E-state index >= 15 is 0 Å². The maximum absolute atomic E-state index is 11.8. The van der Waals surface area contributed by atoms with Crippen molar-refractivity contribution in [1.82, 2.24) is 10.6 Å². The molecule has 2 amide bonds. The molecule has 18 N–H and O–H groups in total. The van der Waals surface area contributed by atoms with Gasteiger partial charge >= 0.3 is 36.1 Å². The van der Waals surface area contributed by atoms with E-state index in [-0.39, 0.29) is 162 Å². The van der Waals surface area contributed by atoms with E-state index in [1.165, 1.54) is 27.7 Å². The zero-order chi connectivity index (χ0) is 90.8. The van der Waals surface area contributed by atoms with E-state index < -0.39 is 161 Å². The van der Waals surface area contributed by atoms with E-state index in [1.54, 1.807) is 11.8 Å². The number of aliphatic hydroxyl groups is 14. The zero-order valence-electron chi connectivity index (χ0n) is 71.6. The molecule has 0 spiro atoms. The molecule has 0 aromatic heterocycles. The van der Waals surface area contributed by atoms with Crippen molar-refractivity contribution < 1.29 is 209 Å². The molecule has 6 saturated heterocycles. The molecule has 0 saturated carbocycles. The van der Waals surface area contributed by atoms with Crippen LogP contribution in [0.15, 0.2) is 95.9 Å². The molecular formula is C82H133ArN3O35S. The van der Waals surface area contributed by atoms with Crippen LogP contribution in [0.25, 0.3) is 0 Å². The second-order valence-corrected chi connectivity index (χ2v) is 30.4. The van der Waals surface area contributed by atoms with Crippen molar-refractivity contribution in [3.8, 4) is 0 Å². The third-order valence-electron chi connectivity index (χ3n) is 20.6. The van der Waals surface area contributed by atoms with Gasteiger partial charge in [0, 0.05) is 115 Å². The van der Waals surface area contributed by atoms with Crippen LogP contribution >= 0.6 is 11.8 Å². The number of nitrogens with two attached hydrogens (primary N) is 1. The monoisotopic (exact) mass is 1790 g/mol. The third kappa shape index (κ3) is 37.6. The number of thioether (sulfide) groups is 1. The Morgan fingerprint density at radius 1 is 0.385 bits per heavy atom. The fourth-order valence-electron chi connectivity index (χ4n) is 13.2. The van der Waals surface area contributed by atoms with Gasteiger partial charge in [-0.05, 0) is 60.3 Å². The Bertz CT molecular complexity index is 3340. The Morgan fingerprint density at radius 3 is 1.08 bits per heavy atom. The largest absolute Gasteiger partial charge is 0.459 e. The number of carbonyl (C=O) groups is 6. The SMILES string of the molecule is CCC1OC(OC(C)=O)C(OC(C)=O)C(C)C1C.CCC1O[C@H](OCCNC(=O)OCc2ccccc2)C(OC(C)=O)[C@@H](C)[C@@H]1C.CCC1O[C@H](Sc2ccccc2)C(OC(C)=O)[C@@H](C)[C@@H]1C.CO.NCCO[C@H]1OC(CO)[C@@H](O)[C@H](O)C1O.O=C(NCCO[C@H]1OC(CO)[C@@H](O)[C@H](O)C1O)OCc1ccccc1.OCC1OC(O)C(O)C(O)C1O.[Ar]. The van der Waals surface area contributed by atoms with E-state index in [1.807, 2.05) is 99.6 Å². The van der Waals surface area contributed by atoms with Crippen LogP contribution in [0, 0.1) is 73.2 Å². The van der Waals surface area contributed by atoms with E-state index in [9.17, 15) is 59.4 Å². The van der Waals surface area contributed by atoms with Crippen molar-refractivity contribution in [2.45, 2.75) is 274 Å². The number of esters is 4. The molecule has 6 fully saturated rings. The summed E-state index contributed by atoms with van der Waals surface area (Å²) < 4.78 is 80.3. The summed E-state index contributed by atoms with van der Waals surface area (Å²) in [5.41, 5.74) is 6.83. The van der Waals surface area contributed by atoms with Crippen LogP contribution in [0.1, 0.15) is 120 Å². The average Bonchev–Trinajstić information content (AvgIpc) is 0.809. The molecule has 0 aliphatic carbocycles. The molecule has 38 nitrogen and oxygen atoms in total. The number of hydrogen-bond donors (Lipinski definition) is 17. The maximum atomic E-state index is 11.8. The minimum absolute atomic E-state index is 0. The van der Waals surface area contributed by atoms with Gasteiger partial charge < -0.3 is 159 Å². The summed E-state index contributed by atoms with van der Waals surface area (Å²) in [6.07, 6.45) is -20.7. The van der Waals surface area contributed by atoms with Crippen molar-refractivity contribution in [3.05, 3.63) is 102 Å². The Hall–Kier alpha value is -5.27. The van der Waals surface area contributed by atoms with Gasteiger partial charge in [0.05, 0.1) is 58.0 Å². The van der Waals surface area contributed by atoms with Crippen LogP contribution in [0.2, 0.25) is 0 Å². The third-order valence-corrected chi connectivity index (χ3v) is 21.8. The quantitative estimate of drug-likeness (QED) is 0.0289. The predicted molar refractivity (Wildman–Crippen MR) is 430 cm³/mol. The first-order valence-corrected chi connectivity index (χ1v) is 41.3. The van der Waals surface area contributed by atoms with Gasteiger partial charge in [-0.2, -0.15) is 0 Å². The van der Waals surface area contributed by atoms with Gasteiger partial charge in [-0.25, -0.2) is 9.59 Å². The molecule has 700 valence electrons. The number of alkyl carbamates (subject to hydrolysis) is 2. The van der Waals surface area contributed by atoms with Crippen LogP contribution < -0.4 is 16.4 Å². The van der Waals surface area contributed by atoms with Gasteiger partial charge in [0.2, 0.25) is 6.29 Å². The molecule has 9 rings (SSSR count). The summed E-state index contributed by atoms with van der Waals surface area (Å²) in [6.45, 7) is 24.0. The van der Waals surface area contributed by atoms with Crippen molar-refractivity contribution in [2.75, 3.05) is 66.4 Å². The first-order valence-electron chi connectivity index (χ1n) is 40.4. The average molecular weight is 1790 g/mol. The first kappa shape index (κ1) is 113. The molecule has 0 bridgehead atoms. The Kier molecular flexibility index (Phi) is 55.9. The normalized spacial score (nSPS) is 33.2. The van der Waals surface area contributed by atoms with E-state index in [4.69, 9.17) is 113 Å². The molecule has 6 aliphatic rings. The number of aliphatic hydroxyl groups excluding tert-OH is 14. The molecule has 3 aromatic carbocycles. The van der Waals surface area contributed by atoms with Crippen molar-refractivity contribution in [3.63, 3.8) is 0 Å². The van der Waals surface area contributed by atoms with Gasteiger partial charge in [-0.3, -0.25) is 19.2 Å². The van der Waals surface area contributed by atoms with Gasteiger partial charge in [0.15, 0.2) is 37.4 Å². The Labute approximate surface area is 746 Å².